The van der Waals surface area contributed by atoms with Crippen molar-refractivity contribution in [2.75, 3.05) is 13.2 Å². The molecule has 2 aliphatic rings. The van der Waals surface area contributed by atoms with Crippen LogP contribution in [0.2, 0.25) is 0 Å². The van der Waals surface area contributed by atoms with Crippen LogP contribution in [0.15, 0.2) is 0 Å². The highest BCUT2D eigenvalue weighted by molar-refractivity contribution is 5.08. The van der Waals surface area contributed by atoms with Crippen LogP contribution < -0.4 is 5.32 Å². The highest BCUT2D eigenvalue weighted by Crippen LogP contribution is 2.47. The van der Waals surface area contributed by atoms with Crippen molar-refractivity contribution in [2.45, 2.75) is 70.7 Å². The monoisotopic (exact) mass is 241 g/mol. The van der Waals surface area contributed by atoms with E-state index in [0.717, 1.165) is 32.5 Å². The van der Waals surface area contributed by atoms with E-state index in [1.807, 2.05) is 0 Å². The lowest BCUT2D eigenvalue weighted by atomic mass is 9.68. The summed E-state index contributed by atoms with van der Waals surface area (Å²) in [5.41, 5.74) is 0.203. The summed E-state index contributed by atoms with van der Waals surface area (Å²) >= 11 is 0. The van der Waals surface area contributed by atoms with Gasteiger partial charge < -0.3 is 14.8 Å². The Bertz CT molecular complexity index is 288. The van der Waals surface area contributed by atoms with Crippen LogP contribution in [0.5, 0.6) is 0 Å². The molecule has 0 aromatic rings. The Hall–Kier alpha value is -0.120. The molecule has 0 aromatic heterocycles. The fraction of sp³-hybridized carbons (Fsp3) is 1.00. The zero-order valence-corrected chi connectivity index (χ0v) is 11.9. The van der Waals surface area contributed by atoms with Crippen LogP contribution in [0, 0.1) is 5.92 Å². The number of piperidine rings is 1. The lowest BCUT2D eigenvalue weighted by Crippen LogP contribution is -2.70. The molecule has 1 spiro atoms. The molecular weight excluding hydrogens is 214 g/mol. The van der Waals surface area contributed by atoms with Gasteiger partial charge in [0.15, 0.2) is 5.79 Å². The van der Waals surface area contributed by atoms with Gasteiger partial charge in [-0.3, -0.25) is 0 Å². The summed E-state index contributed by atoms with van der Waals surface area (Å²) in [6.07, 6.45) is 3.15. The first-order valence-corrected chi connectivity index (χ1v) is 6.97. The molecule has 2 fully saturated rings. The maximum atomic E-state index is 6.03. The smallest absolute Gasteiger partial charge is 0.174 e. The summed E-state index contributed by atoms with van der Waals surface area (Å²) in [7, 11) is 0. The van der Waals surface area contributed by atoms with Gasteiger partial charge in [-0.2, -0.15) is 0 Å². The minimum absolute atomic E-state index is 0.0906. The van der Waals surface area contributed by atoms with E-state index in [1.54, 1.807) is 0 Å². The van der Waals surface area contributed by atoms with Gasteiger partial charge in [0, 0.05) is 23.4 Å². The molecule has 3 heteroatoms. The summed E-state index contributed by atoms with van der Waals surface area (Å²) in [5, 5.41) is 3.85. The molecule has 2 rings (SSSR count). The summed E-state index contributed by atoms with van der Waals surface area (Å²) in [5.74, 6) is 0.0166. The largest absolute Gasteiger partial charge is 0.347 e. The zero-order valence-electron chi connectivity index (χ0n) is 11.9. The molecule has 2 aliphatic heterocycles. The molecule has 3 nitrogen and oxygen atoms in total. The average Bonchev–Trinajstić information content (AvgIpc) is 2.75. The quantitative estimate of drug-likeness (QED) is 0.806. The van der Waals surface area contributed by atoms with Crippen LogP contribution in [-0.4, -0.2) is 30.1 Å². The van der Waals surface area contributed by atoms with Gasteiger partial charge in [-0.05, 0) is 26.7 Å². The van der Waals surface area contributed by atoms with Gasteiger partial charge in [0.25, 0.3) is 0 Å². The van der Waals surface area contributed by atoms with Crippen molar-refractivity contribution in [3.8, 4) is 0 Å². The van der Waals surface area contributed by atoms with Crippen LogP contribution in [0.4, 0.5) is 0 Å². The number of hydrogen-bond acceptors (Lipinski definition) is 3. The summed E-state index contributed by atoms with van der Waals surface area (Å²) in [6.45, 7) is 12.8. The van der Waals surface area contributed by atoms with E-state index in [9.17, 15) is 0 Å². The summed E-state index contributed by atoms with van der Waals surface area (Å²) in [6, 6.07) is 0. The van der Waals surface area contributed by atoms with E-state index in [1.165, 1.54) is 0 Å². The third-order valence-electron chi connectivity index (χ3n) is 5.13. The van der Waals surface area contributed by atoms with Crippen molar-refractivity contribution in [3.05, 3.63) is 0 Å². The third kappa shape index (κ3) is 2.02. The average molecular weight is 241 g/mol. The number of hydrogen-bond donors (Lipinski definition) is 1. The second-order valence-corrected chi connectivity index (χ2v) is 6.22. The zero-order chi connectivity index (χ0) is 12.7. The predicted molar refractivity (Wildman–Crippen MR) is 68.9 cm³/mol. The van der Waals surface area contributed by atoms with E-state index < -0.39 is 0 Å². The fourth-order valence-electron chi connectivity index (χ4n) is 3.45. The molecule has 2 heterocycles. The third-order valence-corrected chi connectivity index (χ3v) is 5.13. The first-order valence-electron chi connectivity index (χ1n) is 6.97. The van der Waals surface area contributed by atoms with Gasteiger partial charge in [-0.15, -0.1) is 0 Å². The van der Waals surface area contributed by atoms with Gasteiger partial charge in [-0.25, -0.2) is 0 Å². The van der Waals surface area contributed by atoms with Crippen molar-refractivity contribution >= 4 is 0 Å². The number of rotatable bonds is 2. The van der Waals surface area contributed by atoms with Crippen molar-refractivity contribution in [1.29, 1.82) is 0 Å². The van der Waals surface area contributed by atoms with Crippen LogP contribution in [-0.2, 0) is 9.47 Å². The van der Waals surface area contributed by atoms with Crippen molar-refractivity contribution in [3.63, 3.8) is 0 Å². The lowest BCUT2D eigenvalue weighted by Gasteiger charge is -2.56. The molecule has 0 aromatic carbocycles. The molecule has 2 saturated heterocycles. The molecule has 0 radical (unpaired) electrons. The molecule has 3 unspecified atom stereocenters. The van der Waals surface area contributed by atoms with Crippen molar-refractivity contribution < 1.29 is 9.47 Å². The topological polar surface area (TPSA) is 30.5 Å². The predicted octanol–water partition coefficient (Wildman–Crippen LogP) is 2.70. The van der Waals surface area contributed by atoms with Crippen molar-refractivity contribution in [2.24, 2.45) is 5.92 Å². The Morgan fingerprint density at radius 3 is 2.18 bits per heavy atom. The minimum atomic E-state index is -0.360. The molecule has 1 N–H and O–H groups in total. The van der Waals surface area contributed by atoms with Gasteiger partial charge in [0.1, 0.15) is 0 Å². The van der Waals surface area contributed by atoms with E-state index in [4.69, 9.17) is 9.47 Å². The number of nitrogens with one attached hydrogen (secondary N) is 1. The van der Waals surface area contributed by atoms with Crippen molar-refractivity contribution in [1.82, 2.24) is 5.32 Å². The minimum Gasteiger partial charge on any atom is -0.347 e. The van der Waals surface area contributed by atoms with E-state index in [2.05, 4.69) is 39.9 Å². The van der Waals surface area contributed by atoms with Crippen LogP contribution in [0.3, 0.4) is 0 Å². The SMILES string of the molecule is CCC1(C)CC2(OCCO2)C(C)C(C)(CC)N1. The standard InChI is InChI=1S/C14H27NO2/c1-6-12(4)10-14(16-8-9-17-14)11(3)13(5,7-2)15-12/h11,15H,6-10H2,1-5H3. The Balaban J connectivity index is 2.34. The normalized spacial score (nSPS) is 45.4. The highest BCUT2D eigenvalue weighted by atomic mass is 16.7. The fourth-order valence-corrected chi connectivity index (χ4v) is 3.45. The van der Waals surface area contributed by atoms with E-state index >= 15 is 0 Å². The molecule has 3 atom stereocenters. The Morgan fingerprint density at radius 2 is 1.71 bits per heavy atom. The molecule has 0 aliphatic carbocycles. The summed E-state index contributed by atoms with van der Waals surface area (Å²) in [4.78, 5) is 0. The Morgan fingerprint density at radius 1 is 1.12 bits per heavy atom. The van der Waals surface area contributed by atoms with E-state index in [-0.39, 0.29) is 16.9 Å². The van der Waals surface area contributed by atoms with Gasteiger partial charge in [0.05, 0.1) is 13.2 Å². The molecule has 100 valence electrons. The maximum Gasteiger partial charge on any atom is 0.174 e. The first-order chi connectivity index (χ1) is 7.90. The maximum absolute atomic E-state index is 6.03. The van der Waals surface area contributed by atoms with Gasteiger partial charge >= 0.3 is 0 Å². The van der Waals surface area contributed by atoms with Crippen LogP contribution in [0.1, 0.15) is 53.9 Å². The molecular formula is C14H27NO2. The first kappa shape index (κ1) is 13.3. The molecule has 0 saturated carbocycles. The van der Waals surface area contributed by atoms with Crippen LogP contribution in [0.25, 0.3) is 0 Å². The molecule has 0 bridgehead atoms. The van der Waals surface area contributed by atoms with Gasteiger partial charge in [-0.1, -0.05) is 20.8 Å². The Kier molecular flexibility index (Phi) is 3.30. The molecule has 0 amide bonds. The second kappa shape index (κ2) is 4.22. The summed E-state index contributed by atoms with van der Waals surface area (Å²) < 4.78 is 12.1. The second-order valence-electron chi connectivity index (χ2n) is 6.22. The van der Waals surface area contributed by atoms with E-state index in [0.29, 0.717) is 5.92 Å². The number of ether oxygens (including phenoxy) is 2. The Labute approximate surface area is 105 Å². The highest BCUT2D eigenvalue weighted by Gasteiger charge is 2.57. The lowest BCUT2D eigenvalue weighted by molar-refractivity contribution is -0.244. The van der Waals surface area contributed by atoms with Gasteiger partial charge in [0.2, 0.25) is 0 Å². The van der Waals surface area contributed by atoms with Crippen LogP contribution >= 0.6 is 0 Å². The molecule has 17 heavy (non-hydrogen) atoms.